The summed E-state index contributed by atoms with van der Waals surface area (Å²) < 4.78 is 2.38. The van der Waals surface area contributed by atoms with Crippen LogP contribution in [0.15, 0.2) is 72.8 Å². The number of nitrogens with zero attached hydrogens (tertiary/aromatic N) is 2. The minimum Gasteiger partial charge on any atom is -0.355 e. The van der Waals surface area contributed by atoms with E-state index in [1.807, 2.05) is 0 Å². The van der Waals surface area contributed by atoms with Crippen LogP contribution in [0.2, 0.25) is 0 Å². The second kappa shape index (κ2) is 8.56. The zero-order valence-electron chi connectivity index (χ0n) is 18.1. The van der Waals surface area contributed by atoms with Gasteiger partial charge in [-0.25, -0.2) is 0 Å². The number of amides is 1. The third kappa shape index (κ3) is 3.84. The molecule has 1 aliphatic heterocycles. The Hall–Kier alpha value is -3.11. The van der Waals surface area contributed by atoms with Crippen molar-refractivity contribution in [1.29, 1.82) is 0 Å². The summed E-state index contributed by atoms with van der Waals surface area (Å²) in [6, 6.07) is 26.0. The average Bonchev–Trinajstić information content (AvgIpc) is 3.13. The molecule has 4 aromatic rings. The van der Waals surface area contributed by atoms with Crippen LogP contribution in [0, 0.1) is 0 Å². The van der Waals surface area contributed by atoms with Crippen LogP contribution >= 0.6 is 0 Å². The molecule has 1 aromatic heterocycles. The molecule has 0 aliphatic carbocycles. The molecule has 4 heteroatoms. The summed E-state index contributed by atoms with van der Waals surface area (Å²) in [7, 11) is 0. The maximum absolute atomic E-state index is 12.6. The van der Waals surface area contributed by atoms with Gasteiger partial charge in [-0.2, -0.15) is 0 Å². The first-order chi connectivity index (χ1) is 15.2. The fourth-order valence-electron chi connectivity index (χ4n) is 4.99. The first-order valence-electron chi connectivity index (χ1n) is 11.3. The van der Waals surface area contributed by atoms with Gasteiger partial charge in [-0.3, -0.25) is 9.69 Å². The Bertz CT molecular complexity index is 1170. The molecule has 31 heavy (non-hydrogen) atoms. The largest absolute Gasteiger partial charge is 0.355 e. The fraction of sp³-hybridized carbons (Fsp3) is 0.296. The summed E-state index contributed by atoms with van der Waals surface area (Å²) in [5.41, 5.74) is 5.29. The van der Waals surface area contributed by atoms with Crippen LogP contribution in [0.25, 0.3) is 21.8 Å². The van der Waals surface area contributed by atoms with Gasteiger partial charge < -0.3 is 9.88 Å². The van der Waals surface area contributed by atoms with Crippen LogP contribution in [0.4, 0.5) is 0 Å². The Morgan fingerprint density at radius 2 is 1.58 bits per heavy atom. The van der Waals surface area contributed by atoms with E-state index in [4.69, 9.17) is 0 Å². The van der Waals surface area contributed by atoms with Gasteiger partial charge in [0.05, 0.1) is 6.54 Å². The highest BCUT2D eigenvalue weighted by molar-refractivity contribution is 6.07. The molecule has 4 nitrogen and oxygen atoms in total. The van der Waals surface area contributed by atoms with E-state index in [2.05, 4.69) is 94.5 Å². The Kier molecular flexibility index (Phi) is 5.47. The number of carbonyl (C=O) groups excluding carboxylic acids is 1. The molecule has 1 N–H and O–H groups in total. The molecule has 1 amide bonds. The van der Waals surface area contributed by atoms with Gasteiger partial charge in [-0.15, -0.1) is 0 Å². The van der Waals surface area contributed by atoms with E-state index in [0.29, 0.717) is 13.1 Å². The van der Waals surface area contributed by atoms with Crippen LogP contribution in [-0.4, -0.2) is 35.0 Å². The molecule has 0 saturated carbocycles. The van der Waals surface area contributed by atoms with E-state index >= 15 is 0 Å². The van der Waals surface area contributed by atoms with Crippen LogP contribution in [0.5, 0.6) is 0 Å². The summed E-state index contributed by atoms with van der Waals surface area (Å²) in [5, 5.41) is 5.73. The predicted molar refractivity (Wildman–Crippen MR) is 127 cm³/mol. The van der Waals surface area contributed by atoms with Crippen molar-refractivity contribution >= 4 is 27.7 Å². The predicted octanol–water partition coefficient (Wildman–Crippen LogP) is 4.92. The number of benzene rings is 3. The number of aryl methyl sites for hydroxylation is 1. The van der Waals surface area contributed by atoms with Crippen molar-refractivity contribution in [1.82, 2.24) is 14.8 Å². The topological polar surface area (TPSA) is 37.3 Å². The van der Waals surface area contributed by atoms with Gasteiger partial charge in [0.15, 0.2) is 0 Å². The van der Waals surface area contributed by atoms with E-state index in [1.54, 1.807) is 0 Å². The van der Waals surface area contributed by atoms with Crippen LogP contribution in [0.3, 0.4) is 0 Å². The molecular formula is C27H29N3O. The summed E-state index contributed by atoms with van der Waals surface area (Å²) in [5.74, 6) is 0.119. The number of rotatable bonds is 6. The van der Waals surface area contributed by atoms with E-state index in [-0.39, 0.29) is 11.9 Å². The Balaban J connectivity index is 1.18. The van der Waals surface area contributed by atoms with Gasteiger partial charge in [-0.05, 0) is 43.0 Å². The zero-order chi connectivity index (χ0) is 21.2. The van der Waals surface area contributed by atoms with E-state index < -0.39 is 0 Å². The monoisotopic (exact) mass is 411 g/mol. The maximum atomic E-state index is 12.6. The highest BCUT2D eigenvalue weighted by atomic mass is 16.2. The number of nitrogens with one attached hydrogen (secondary N) is 1. The third-order valence-corrected chi connectivity index (χ3v) is 6.63. The molecule has 0 bridgehead atoms. The molecule has 0 fully saturated rings. The maximum Gasteiger partial charge on any atom is 0.234 e. The molecule has 0 radical (unpaired) electrons. The first kappa shape index (κ1) is 19.8. The zero-order valence-corrected chi connectivity index (χ0v) is 18.1. The molecule has 3 aromatic carbocycles. The Morgan fingerprint density at radius 3 is 2.32 bits per heavy atom. The third-order valence-electron chi connectivity index (χ3n) is 6.63. The molecule has 5 rings (SSSR count). The first-order valence-corrected chi connectivity index (χ1v) is 11.3. The van der Waals surface area contributed by atoms with E-state index in [0.717, 1.165) is 25.9 Å². The lowest BCUT2D eigenvalue weighted by atomic mass is 9.94. The molecule has 158 valence electrons. The molecule has 2 heterocycles. The standard InChI is InChI=1S/C27H29N3O/c1-20-22-10-3-2-9-21(22)15-18-29(20)19-27(31)28-16-8-17-30-25-13-6-4-11-23(25)24-12-5-7-14-26(24)30/h2-7,9-14,20H,8,15-19H2,1H3,(H,28,31). The molecular weight excluding hydrogens is 382 g/mol. The summed E-state index contributed by atoms with van der Waals surface area (Å²) in [4.78, 5) is 14.9. The number of hydrogen-bond donors (Lipinski definition) is 1. The smallest absolute Gasteiger partial charge is 0.234 e. The number of hydrogen-bond acceptors (Lipinski definition) is 2. The van der Waals surface area contributed by atoms with Crippen LogP contribution < -0.4 is 5.32 Å². The normalized spacial score (nSPS) is 16.5. The molecule has 1 atom stereocenters. The molecule has 0 spiro atoms. The minimum atomic E-state index is 0.119. The van der Waals surface area contributed by atoms with Crippen molar-refractivity contribution in [2.75, 3.05) is 19.6 Å². The highest BCUT2D eigenvalue weighted by Crippen LogP contribution is 2.29. The molecule has 0 saturated heterocycles. The van der Waals surface area contributed by atoms with Crippen molar-refractivity contribution in [2.45, 2.75) is 32.4 Å². The van der Waals surface area contributed by atoms with Crippen LogP contribution in [-0.2, 0) is 17.8 Å². The van der Waals surface area contributed by atoms with Gasteiger partial charge in [0.2, 0.25) is 5.91 Å². The van der Waals surface area contributed by atoms with E-state index in [9.17, 15) is 4.79 Å². The molecule has 1 unspecified atom stereocenters. The number of carbonyl (C=O) groups is 1. The Morgan fingerprint density at radius 1 is 0.935 bits per heavy atom. The second-order valence-electron chi connectivity index (χ2n) is 8.48. The Labute approximate surface area is 183 Å². The van der Waals surface area contributed by atoms with Gasteiger partial charge in [0.25, 0.3) is 0 Å². The fourth-order valence-corrected chi connectivity index (χ4v) is 4.99. The summed E-state index contributed by atoms with van der Waals surface area (Å²) in [6.45, 7) is 5.19. The quantitative estimate of drug-likeness (QED) is 0.457. The van der Waals surface area contributed by atoms with E-state index in [1.165, 1.54) is 32.9 Å². The number of fused-ring (bicyclic) bond motifs is 4. The van der Waals surface area contributed by atoms with Crippen molar-refractivity contribution in [3.8, 4) is 0 Å². The second-order valence-corrected chi connectivity index (χ2v) is 8.48. The minimum absolute atomic E-state index is 0.119. The molecule has 1 aliphatic rings. The van der Waals surface area contributed by atoms with Crippen molar-refractivity contribution in [3.63, 3.8) is 0 Å². The summed E-state index contributed by atoms with van der Waals surface area (Å²) >= 11 is 0. The van der Waals surface area contributed by atoms with Gasteiger partial charge in [-0.1, -0.05) is 60.7 Å². The van der Waals surface area contributed by atoms with Gasteiger partial charge in [0.1, 0.15) is 0 Å². The van der Waals surface area contributed by atoms with Crippen molar-refractivity contribution in [3.05, 3.63) is 83.9 Å². The average molecular weight is 412 g/mol. The van der Waals surface area contributed by atoms with Gasteiger partial charge >= 0.3 is 0 Å². The lowest BCUT2D eigenvalue weighted by Crippen LogP contribution is -2.42. The number of para-hydroxylation sites is 2. The summed E-state index contributed by atoms with van der Waals surface area (Å²) in [6.07, 6.45) is 1.92. The SMILES string of the molecule is CC1c2ccccc2CCN1CC(=O)NCCCn1c2ccccc2c2ccccc21. The van der Waals surface area contributed by atoms with Gasteiger partial charge in [0, 0.05) is 47.5 Å². The highest BCUT2D eigenvalue weighted by Gasteiger charge is 2.24. The van der Waals surface area contributed by atoms with Crippen LogP contribution in [0.1, 0.15) is 30.5 Å². The lowest BCUT2D eigenvalue weighted by molar-refractivity contribution is -0.122. The lowest BCUT2D eigenvalue weighted by Gasteiger charge is -2.34. The van der Waals surface area contributed by atoms with Crippen molar-refractivity contribution in [2.24, 2.45) is 0 Å². The number of aromatic nitrogens is 1. The van der Waals surface area contributed by atoms with Crippen molar-refractivity contribution < 1.29 is 4.79 Å².